The zero-order valence-corrected chi connectivity index (χ0v) is 20.1. The third-order valence-corrected chi connectivity index (χ3v) is 6.95. The first-order valence-corrected chi connectivity index (χ1v) is 12.6. The molecule has 0 amide bonds. The largest absolute Gasteiger partial charge is 0.450 e. The molecule has 1 fully saturated rings. The number of aromatic nitrogens is 2. The molecule has 1 aromatic heterocycles. The van der Waals surface area contributed by atoms with Gasteiger partial charge in [0.25, 0.3) is 0 Å². The van der Waals surface area contributed by atoms with Crippen molar-refractivity contribution < 1.29 is 9.47 Å². The molecule has 6 rings (SSSR count). The summed E-state index contributed by atoms with van der Waals surface area (Å²) < 4.78 is 12.5. The van der Waals surface area contributed by atoms with E-state index in [0.29, 0.717) is 11.8 Å². The van der Waals surface area contributed by atoms with E-state index in [0.717, 1.165) is 91.0 Å². The summed E-state index contributed by atoms with van der Waals surface area (Å²) in [6, 6.07) is 12.7. The van der Waals surface area contributed by atoms with Crippen LogP contribution in [0.2, 0.25) is 0 Å². The average molecular weight is 473 g/mol. The van der Waals surface area contributed by atoms with Crippen LogP contribution in [-0.4, -0.2) is 42.5 Å². The third-order valence-electron chi connectivity index (χ3n) is 6.95. The number of amidine groups is 1. The summed E-state index contributed by atoms with van der Waals surface area (Å²) in [6.45, 7) is 2.85. The minimum atomic E-state index is 0.177. The number of aliphatic imine (C=N–C) groups is 1. The molecule has 8 nitrogen and oxygen atoms in total. The first kappa shape index (κ1) is 22.1. The Kier molecular flexibility index (Phi) is 6.14. The first-order valence-electron chi connectivity index (χ1n) is 12.6. The van der Waals surface area contributed by atoms with E-state index in [4.69, 9.17) is 14.5 Å². The van der Waals surface area contributed by atoms with Gasteiger partial charge in [-0.05, 0) is 81.7 Å². The Morgan fingerprint density at radius 1 is 1.00 bits per heavy atom. The van der Waals surface area contributed by atoms with Crippen molar-refractivity contribution in [2.75, 3.05) is 26.7 Å². The van der Waals surface area contributed by atoms with Crippen LogP contribution in [-0.2, 0) is 0 Å². The van der Waals surface area contributed by atoms with E-state index in [2.05, 4.69) is 38.1 Å². The molecule has 3 aliphatic rings. The molecule has 2 atom stereocenters. The molecule has 0 saturated carbocycles. The molecule has 1 unspecified atom stereocenters. The number of fused-ring (bicyclic) bond motifs is 2. The van der Waals surface area contributed by atoms with E-state index < -0.39 is 0 Å². The number of hydrogen-bond acceptors (Lipinski definition) is 7. The highest BCUT2D eigenvalue weighted by molar-refractivity contribution is 5.84. The zero-order chi connectivity index (χ0) is 23.6. The Labute approximate surface area is 205 Å². The van der Waals surface area contributed by atoms with Gasteiger partial charge in [0.1, 0.15) is 5.82 Å². The molecule has 3 aromatic rings. The number of H-pyrrole nitrogens is 1. The van der Waals surface area contributed by atoms with Gasteiger partial charge in [-0.2, -0.15) is 0 Å². The average Bonchev–Trinajstić information content (AvgIpc) is 3.66. The lowest BCUT2D eigenvalue weighted by atomic mass is 10.1. The smallest absolute Gasteiger partial charge is 0.170 e. The van der Waals surface area contributed by atoms with Gasteiger partial charge in [0, 0.05) is 12.0 Å². The van der Waals surface area contributed by atoms with E-state index in [-0.39, 0.29) is 6.04 Å². The predicted molar refractivity (Wildman–Crippen MR) is 137 cm³/mol. The molecule has 3 aliphatic heterocycles. The van der Waals surface area contributed by atoms with Crippen LogP contribution in [0.5, 0.6) is 23.0 Å². The number of benzene rings is 2. The lowest BCUT2D eigenvalue weighted by molar-refractivity contribution is 0.359. The Morgan fingerprint density at radius 2 is 1.86 bits per heavy atom. The molecule has 0 spiro atoms. The van der Waals surface area contributed by atoms with Crippen molar-refractivity contribution in [3.63, 3.8) is 0 Å². The number of rotatable bonds is 8. The highest BCUT2D eigenvalue weighted by Gasteiger charge is 2.25. The van der Waals surface area contributed by atoms with Crippen molar-refractivity contribution in [2.24, 2.45) is 4.99 Å². The van der Waals surface area contributed by atoms with Gasteiger partial charge in [-0.25, -0.2) is 4.98 Å². The van der Waals surface area contributed by atoms with E-state index in [1.807, 2.05) is 37.5 Å². The SMILES string of the molecule is CNCCCCC1=NCC(c2ccc3c(c2)Oc2ccc(-c4cnc([C@@H]5CCCN5)[nH]4)cc2O3)N1. The molecule has 182 valence electrons. The van der Waals surface area contributed by atoms with Gasteiger partial charge in [-0.15, -0.1) is 0 Å². The highest BCUT2D eigenvalue weighted by Crippen LogP contribution is 2.47. The predicted octanol–water partition coefficient (Wildman–Crippen LogP) is 4.83. The third kappa shape index (κ3) is 4.63. The second-order valence-electron chi connectivity index (χ2n) is 9.45. The van der Waals surface area contributed by atoms with Crippen molar-refractivity contribution in [1.82, 2.24) is 25.9 Å². The summed E-state index contributed by atoms with van der Waals surface area (Å²) in [5.41, 5.74) is 3.17. The number of nitrogens with zero attached hydrogens (tertiary/aromatic N) is 2. The Hall–Kier alpha value is -3.36. The van der Waals surface area contributed by atoms with Crippen molar-refractivity contribution in [3.05, 3.63) is 54.0 Å². The van der Waals surface area contributed by atoms with Gasteiger partial charge in [0.2, 0.25) is 0 Å². The van der Waals surface area contributed by atoms with E-state index in [1.165, 1.54) is 6.42 Å². The number of unbranched alkanes of at least 4 members (excludes halogenated alkanes) is 1. The van der Waals surface area contributed by atoms with Crippen molar-refractivity contribution in [3.8, 4) is 34.3 Å². The lowest BCUT2D eigenvalue weighted by Crippen LogP contribution is -2.23. The molecule has 0 aliphatic carbocycles. The molecule has 2 aromatic carbocycles. The standard InChI is InChI=1S/C27H32N6O2/c1-28-11-3-2-6-26-30-15-20(32-26)17-7-9-22-24(13-17)34-23-10-8-18(14-25(23)35-22)21-16-31-27(33-21)19-5-4-12-29-19/h7-10,13-14,16,19-20,28-29H,2-6,11-12,15H2,1H3,(H,30,32)(H,31,33)/t19-,20?/m0/s1. The minimum Gasteiger partial charge on any atom is -0.450 e. The van der Waals surface area contributed by atoms with Crippen LogP contribution in [0.1, 0.15) is 55.6 Å². The number of nitrogens with one attached hydrogen (secondary N) is 4. The molecule has 1 saturated heterocycles. The summed E-state index contributed by atoms with van der Waals surface area (Å²) in [5, 5.41) is 10.3. The fourth-order valence-corrected chi connectivity index (χ4v) is 4.99. The van der Waals surface area contributed by atoms with Gasteiger partial charge >= 0.3 is 0 Å². The Bertz CT molecular complexity index is 1230. The second kappa shape index (κ2) is 9.71. The lowest BCUT2D eigenvalue weighted by Gasteiger charge is -2.22. The van der Waals surface area contributed by atoms with E-state index >= 15 is 0 Å². The molecule has 0 bridgehead atoms. The summed E-state index contributed by atoms with van der Waals surface area (Å²) >= 11 is 0. The zero-order valence-electron chi connectivity index (χ0n) is 20.1. The van der Waals surface area contributed by atoms with Gasteiger partial charge in [-0.3, -0.25) is 4.99 Å². The van der Waals surface area contributed by atoms with Gasteiger partial charge in [0.05, 0.1) is 36.4 Å². The number of ether oxygens (including phenoxy) is 2. The number of hydrogen-bond donors (Lipinski definition) is 4. The fourth-order valence-electron chi connectivity index (χ4n) is 4.99. The van der Waals surface area contributed by atoms with Gasteiger partial charge in [0.15, 0.2) is 23.0 Å². The van der Waals surface area contributed by atoms with E-state index in [1.54, 1.807) is 0 Å². The van der Waals surface area contributed by atoms with Gasteiger partial charge in [-0.1, -0.05) is 6.07 Å². The molecule has 4 N–H and O–H groups in total. The first-order chi connectivity index (χ1) is 17.3. The highest BCUT2D eigenvalue weighted by atomic mass is 16.6. The quantitative estimate of drug-likeness (QED) is 0.274. The summed E-state index contributed by atoms with van der Waals surface area (Å²) in [4.78, 5) is 12.8. The fraction of sp³-hybridized carbons (Fsp3) is 0.407. The van der Waals surface area contributed by atoms with E-state index in [9.17, 15) is 0 Å². The second-order valence-corrected chi connectivity index (χ2v) is 9.45. The van der Waals surface area contributed by atoms with Crippen molar-refractivity contribution >= 4 is 5.84 Å². The van der Waals surface area contributed by atoms with Crippen LogP contribution in [0.4, 0.5) is 0 Å². The summed E-state index contributed by atoms with van der Waals surface area (Å²) in [6.07, 6.45) is 7.49. The molecular formula is C27H32N6O2. The van der Waals surface area contributed by atoms with Crippen LogP contribution in [0.25, 0.3) is 11.3 Å². The van der Waals surface area contributed by atoms with Crippen molar-refractivity contribution in [1.29, 1.82) is 0 Å². The monoisotopic (exact) mass is 472 g/mol. The summed E-state index contributed by atoms with van der Waals surface area (Å²) in [7, 11) is 1.99. The van der Waals surface area contributed by atoms with Crippen LogP contribution in [0, 0.1) is 0 Å². The van der Waals surface area contributed by atoms with Crippen LogP contribution in [0.3, 0.4) is 0 Å². The molecule has 8 heteroatoms. The normalized spacial score (nSPS) is 20.4. The molecular weight excluding hydrogens is 440 g/mol. The maximum Gasteiger partial charge on any atom is 0.170 e. The topological polar surface area (TPSA) is 95.6 Å². The maximum atomic E-state index is 6.24. The molecule has 0 radical (unpaired) electrons. The molecule has 35 heavy (non-hydrogen) atoms. The number of aromatic amines is 1. The Balaban J connectivity index is 1.13. The van der Waals surface area contributed by atoms with Gasteiger partial charge < -0.3 is 30.4 Å². The number of imidazole rings is 1. The summed E-state index contributed by atoms with van der Waals surface area (Å²) in [5.74, 6) is 4.99. The Morgan fingerprint density at radius 3 is 2.69 bits per heavy atom. The van der Waals surface area contributed by atoms with Crippen LogP contribution >= 0.6 is 0 Å². The van der Waals surface area contributed by atoms with Crippen LogP contribution in [0.15, 0.2) is 47.6 Å². The maximum absolute atomic E-state index is 6.24. The molecule has 4 heterocycles. The van der Waals surface area contributed by atoms with Crippen LogP contribution < -0.4 is 25.4 Å². The van der Waals surface area contributed by atoms with Crippen molar-refractivity contribution in [2.45, 2.75) is 44.2 Å². The minimum absolute atomic E-state index is 0.177.